The Balaban J connectivity index is 2.16. The van der Waals surface area contributed by atoms with Crippen LogP contribution in [0.4, 0.5) is 0 Å². The van der Waals surface area contributed by atoms with Gasteiger partial charge >= 0.3 is 0 Å². The molecular formula is C17H26N2O. The van der Waals surface area contributed by atoms with E-state index in [1.165, 1.54) is 16.5 Å². The molecule has 0 fully saturated rings. The average Bonchev–Trinajstić information content (AvgIpc) is 2.82. The Hall–Kier alpha value is -1.32. The van der Waals surface area contributed by atoms with E-state index in [-0.39, 0.29) is 6.10 Å². The molecule has 3 heteroatoms. The maximum Gasteiger partial charge on any atom is 0.0722 e. The van der Waals surface area contributed by atoms with Crippen molar-refractivity contribution >= 4 is 10.9 Å². The summed E-state index contributed by atoms with van der Waals surface area (Å²) >= 11 is 0. The van der Waals surface area contributed by atoms with Crippen LogP contribution in [0.2, 0.25) is 0 Å². The Morgan fingerprint density at radius 1 is 1.20 bits per heavy atom. The van der Waals surface area contributed by atoms with Gasteiger partial charge in [0.25, 0.3) is 0 Å². The van der Waals surface area contributed by atoms with E-state index in [4.69, 9.17) is 4.74 Å². The van der Waals surface area contributed by atoms with Crippen molar-refractivity contribution in [3.05, 3.63) is 36.0 Å². The minimum absolute atomic E-state index is 0.230. The molecule has 0 aliphatic carbocycles. The van der Waals surface area contributed by atoms with Crippen LogP contribution >= 0.6 is 0 Å². The standard InChI is InChI=1S/C17H26N2O/c1-13(2)10-18-11-15-6-5-7-17-16(15)8-9-19(17)12-14(3)20-4/h5-9,13-14,18H,10-12H2,1-4H3. The van der Waals surface area contributed by atoms with Crippen molar-refractivity contribution in [3.63, 3.8) is 0 Å². The lowest BCUT2D eigenvalue weighted by molar-refractivity contribution is 0.104. The topological polar surface area (TPSA) is 26.2 Å². The predicted molar refractivity (Wildman–Crippen MR) is 85.0 cm³/mol. The molecule has 0 amide bonds. The highest BCUT2D eigenvalue weighted by molar-refractivity contribution is 5.83. The molecule has 2 rings (SSSR count). The summed E-state index contributed by atoms with van der Waals surface area (Å²) in [5, 5.41) is 4.86. The number of methoxy groups -OCH3 is 1. The number of ether oxygens (including phenoxy) is 1. The lowest BCUT2D eigenvalue weighted by Gasteiger charge is -2.12. The third kappa shape index (κ3) is 3.62. The first-order valence-corrected chi connectivity index (χ1v) is 7.42. The lowest BCUT2D eigenvalue weighted by Crippen LogP contribution is -2.19. The molecule has 1 aromatic heterocycles. The summed E-state index contributed by atoms with van der Waals surface area (Å²) < 4.78 is 7.63. The van der Waals surface area contributed by atoms with Gasteiger partial charge in [0.05, 0.1) is 6.10 Å². The van der Waals surface area contributed by atoms with Crippen molar-refractivity contribution in [3.8, 4) is 0 Å². The second-order valence-corrected chi connectivity index (χ2v) is 5.89. The van der Waals surface area contributed by atoms with Gasteiger partial charge in [-0.05, 0) is 37.1 Å². The fraction of sp³-hybridized carbons (Fsp3) is 0.529. The van der Waals surface area contributed by atoms with Gasteiger partial charge < -0.3 is 14.6 Å². The highest BCUT2D eigenvalue weighted by Gasteiger charge is 2.08. The Morgan fingerprint density at radius 3 is 2.70 bits per heavy atom. The maximum atomic E-state index is 5.36. The van der Waals surface area contributed by atoms with Crippen LogP contribution in [-0.2, 0) is 17.8 Å². The number of benzene rings is 1. The van der Waals surface area contributed by atoms with Crippen LogP contribution in [0, 0.1) is 5.92 Å². The average molecular weight is 274 g/mol. The summed E-state index contributed by atoms with van der Waals surface area (Å²) in [4.78, 5) is 0. The number of aromatic nitrogens is 1. The summed E-state index contributed by atoms with van der Waals surface area (Å²) in [6.07, 6.45) is 2.39. The lowest BCUT2D eigenvalue weighted by atomic mass is 10.1. The van der Waals surface area contributed by atoms with Crippen LogP contribution in [0.25, 0.3) is 10.9 Å². The molecule has 0 aliphatic heterocycles. The molecule has 0 spiro atoms. The van der Waals surface area contributed by atoms with Gasteiger partial charge in [0.1, 0.15) is 0 Å². The van der Waals surface area contributed by atoms with Crippen LogP contribution < -0.4 is 5.32 Å². The molecule has 110 valence electrons. The second kappa shape index (κ2) is 6.91. The zero-order valence-electron chi connectivity index (χ0n) is 13.0. The molecule has 2 aromatic rings. The van der Waals surface area contributed by atoms with Gasteiger partial charge in [0.2, 0.25) is 0 Å². The van der Waals surface area contributed by atoms with Gasteiger partial charge in [0.15, 0.2) is 0 Å². The van der Waals surface area contributed by atoms with E-state index in [2.05, 4.69) is 61.1 Å². The second-order valence-electron chi connectivity index (χ2n) is 5.89. The van der Waals surface area contributed by atoms with E-state index >= 15 is 0 Å². The molecule has 1 unspecified atom stereocenters. The highest BCUT2D eigenvalue weighted by atomic mass is 16.5. The van der Waals surface area contributed by atoms with Gasteiger partial charge in [-0.1, -0.05) is 26.0 Å². The van der Waals surface area contributed by atoms with E-state index in [0.29, 0.717) is 5.92 Å². The van der Waals surface area contributed by atoms with E-state index in [0.717, 1.165) is 19.6 Å². The number of rotatable bonds is 7. The minimum atomic E-state index is 0.230. The number of hydrogen-bond acceptors (Lipinski definition) is 2. The molecule has 0 saturated carbocycles. The molecule has 0 aliphatic rings. The number of fused-ring (bicyclic) bond motifs is 1. The monoisotopic (exact) mass is 274 g/mol. The third-order valence-electron chi connectivity index (χ3n) is 3.63. The fourth-order valence-corrected chi connectivity index (χ4v) is 2.45. The number of hydrogen-bond donors (Lipinski definition) is 1. The molecule has 1 N–H and O–H groups in total. The van der Waals surface area contributed by atoms with Crippen LogP contribution in [-0.4, -0.2) is 24.3 Å². The summed E-state index contributed by atoms with van der Waals surface area (Å²) in [6.45, 7) is 9.44. The summed E-state index contributed by atoms with van der Waals surface area (Å²) in [5.41, 5.74) is 2.66. The summed E-state index contributed by atoms with van der Waals surface area (Å²) in [7, 11) is 1.76. The molecule has 0 radical (unpaired) electrons. The maximum absolute atomic E-state index is 5.36. The zero-order valence-corrected chi connectivity index (χ0v) is 13.0. The van der Waals surface area contributed by atoms with Gasteiger partial charge in [0, 0.05) is 37.3 Å². The number of nitrogens with one attached hydrogen (secondary N) is 1. The summed E-state index contributed by atoms with van der Waals surface area (Å²) in [6, 6.07) is 8.75. The quantitative estimate of drug-likeness (QED) is 0.837. The van der Waals surface area contributed by atoms with Gasteiger partial charge in [-0.25, -0.2) is 0 Å². The molecule has 1 atom stereocenters. The molecule has 1 aromatic carbocycles. The Bertz CT molecular complexity index is 545. The van der Waals surface area contributed by atoms with Gasteiger partial charge in [-0.2, -0.15) is 0 Å². The van der Waals surface area contributed by atoms with Gasteiger partial charge in [-0.3, -0.25) is 0 Å². The van der Waals surface area contributed by atoms with Crippen molar-refractivity contribution in [1.82, 2.24) is 9.88 Å². The zero-order chi connectivity index (χ0) is 14.5. The van der Waals surface area contributed by atoms with E-state index in [9.17, 15) is 0 Å². The largest absolute Gasteiger partial charge is 0.380 e. The minimum Gasteiger partial charge on any atom is -0.380 e. The van der Waals surface area contributed by atoms with Crippen molar-refractivity contribution in [2.24, 2.45) is 5.92 Å². The number of nitrogens with zero attached hydrogens (tertiary/aromatic N) is 1. The van der Waals surface area contributed by atoms with E-state index in [1.54, 1.807) is 7.11 Å². The van der Waals surface area contributed by atoms with Crippen LogP contribution in [0.1, 0.15) is 26.3 Å². The SMILES string of the molecule is COC(C)Cn1ccc2c(CNCC(C)C)cccc21. The normalized spacial score (nSPS) is 13.2. The van der Waals surface area contributed by atoms with Crippen molar-refractivity contribution in [2.45, 2.75) is 40.0 Å². The molecule has 1 heterocycles. The van der Waals surface area contributed by atoms with Crippen molar-refractivity contribution in [2.75, 3.05) is 13.7 Å². The molecular weight excluding hydrogens is 248 g/mol. The van der Waals surface area contributed by atoms with Crippen molar-refractivity contribution < 1.29 is 4.74 Å². The summed E-state index contributed by atoms with van der Waals surface area (Å²) in [5.74, 6) is 0.682. The van der Waals surface area contributed by atoms with Crippen molar-refractivity contribution in [1.29, 1.82) is 0 Å². The first-order chi connectivity index (χ1) is 9.61. The van der Waals surface area contributed by atoms with Crippen LogP contribution in [0.15, 0.2) is 30.5 Å². The van der Waals surface area contributed by atoms with E-state index in [1.807, 2.05) is 0 Å². The van der Waals surface area contributed by atoms with E-state index < -0.39 is 0 Å². The first kappa shape index (κ1) is 15.1. The Morgan fingerprint density at radius 2 is 2.00 bits per heavy atom. The van der Waals surface area contributed by atoms with Crippen LogP contribution in [0.5, 0.6) is 0 Å². The molecule has 0 bridgehead atoms. The smallest absolute Gasteiger partial charge is 0.0722 e. The predicted octanol–water partition coefficient (Wildman–Crippen LogP) is 3.42. The Kier molecular flexibility index (Phi) is 5.21. The van der Waals surface area contributed by atoms with Gasteiger partial charge in [-0.15, -0.1) is 0 Å². The highest BCUT2D eigenvalue weighted by Crippen LogP contribution is 2.21. The molecule has 3 nitrogen and oxygen atoms in total. The third-order valence-corrected chi connectivity index (χ3v) is 3.63. The fourth-order valence-electron chi connectivity index (χ4n) is 2.45. The van der Waals surface area contributed by atoms with Crippen LogP contribution in [0.3, 0.4) is 0 Å². The molecule has 20 heavy (non-hydrogen) atoms. The Labute approximate surface area is 121 Å². The first-order valence-electron chi connectivity index (χ1n) is 7.42. The molecule has 0 saturated heterocycles.